The number of aromatic nitrogens is 1. The van der Waals surface area contributed by atoms with Crippen molar-refractivity contribution >= 4 is 37.8 Å². The third-order valence-corrected chi connectivity index (χ3v) is 6.41. The Labute approximate surface area is 130 Å². The molecule has 1 N–H and O–H groups in total. The fraction of sp³-hybridized carbons (Fsp3) is 0.643. The summed E-state index contributed by atoms with van der Waals surface area (Å²) >= 11 is 7.22. The van der Waals surface area contributed by atoms with Crippen LogP contribution >= 0.6 is 31.9 Å². The second-order valence-electron chi connectivity index (χ2n) is 5.47. The number of carbonyl (C=O) groups excluding carboxylic acids is 1. The molecule has 1 aliphatic heterocycles. The van der Waals surface area contributed by atoms with Gasteiger partial charge in [-0.25, -0.2) is 0 Å². The van der Waals surface area contributed by atoms with Gasteiger partial charge in [-0.15, -0.1) is 0 Å². The van der Waals surface area contributed by atoms with Crippen LogP contribution in [0.2, 0.25) is 0 Å². The van der Waals surface area contributed by atoms with E-state index >= 15 is 0 Å². The molecule has 5 heteroatoms. The Morgan fingerprint density at radius 1 is 1.21 bits per heavy atom. The van der Waals surface area contributed by atoms with Crippen molar-refractivity contribution in [2.45, 2.75) is 45.1 Å². The molecule has 0 saturated heterocycles. The number of nitrogens with one attached hydrogen (secondary N) is 1. The first kappa shape index (κ1) is 13.8. The number of halogens is 2. The Hall–Kier alpha value is -0.130. The number of rotatable bonds is 1. The predicted molar refractivity (Wildman–Crippen MR) is 82.4 cm³/mol. The van der Waals surface area contributed by atoms with Crippen LogP contribution in [0, 0.1) is 5.92 Å². The van der Waals surface area contributed by atoms with Gasteiger partial charge < -0.3 is 5.32 Å². The second kappa shape index (κ2) is 5.70. The molecular formula is C14H18Br2N2O. The van der Waals surface area contributed by atoms with E-state index < -0.39 is 0 Å². The Morgan fingerprint density at radius 2 is 1.95 bits per heavy atom. The summed E-state index contributed by atoms with van der Waals surface area (Å²) in [5.41, 5.74) is 2.43. The number of hydrogen-bond donors (Lipinski definition) is 1. The number of nitrogens with zero attached hydrogens (tertiary/aromatic N) is 1. The topological polar surface area (TPSA) is 34.0 Å². The van der Waals surface area contributed by atoms with Crippen molar-refractivity contribution in [3.05, 3.63) is 20.3 Å². The first-order valence-electron chi connectivity index (χ1n) is 7.02. The summed E-state index contributed by atoms with van der Waals surface area (Å²) in [5, 5.41) is 3.37. The third kappa shape index (κ3) is 2.45. The van der Waals surface area contributed by atoms with Crippen LogP contribution in [0.5, 0.6) is 0 Å². The molecule has 1 aromatic rings. The molecule has 1 saturated carbocycles. The van der Waals surface area contributed by atoms with Gasteiger partial charge in [-0.3, -0.25) is 9.36 Å². The molecule has 19 heavy (non-hydrogen) atoms. The number of fused-ring (bicyclic) bond motifs is 1. The number of hydrogen-bond acceptors (Lipinski definition) is 2. The van der Waals surface area contributed by atoms with Crippen molar-refractivity contribution in [3.8, 4) is 0 Å². The largest absolute Gasteiger partial charge is 0.312 e. The molecule has 0 atom stereocenters. The van der Waals surface area contributed by atoms with E-state index in [1.54, 1.807) is 0 Å². The summed E-state index contributed by atoms with van der Waals surface area (Å²) in [7, 11) is 0. The molecule has 1 aliphatic carbocycles. The van der Waals surface area contributed by atoms with Crippen molar-refractivity contribution < 1.29 is 4.79 Å². The molecule has 0 amide bonds. The molecule has 0 unspecified atom stereocenters. The average Bonchev–Trinajstić information content (AvgIpc) is 2.72. The quantitative estimate of drug-likeness (QED) is 0.790. The molecule has 2 aliphatic rings. The van der Waals surface area contributed by atoms with E-state index in [4.69, 9.17) is 0 Å². The molecule has 0 aromatic carbocycles. The van der Waals surface area contributed by atoms with Crippen molar-refractivity contribution in [3.63, 3.8) is 0 Å². The highest BCUT2D eigenvalue weighted by Gasteiger charge is 2.30. The van der Waals surface area contributed by atoms with Crippen LogP contribution in [0.3, 0.4) is 0 Å². The molecule has 1 aromatic heterocycles. The highest BCUT2D eigenvalue weighted by Crippen LogP contribution is 2.36. The zero-order chi connectivity index (χ0) is 13.4. The molecule has 2 heterocycles. The maximum absolute atomic E-state index is 12.8. The van der Waals surface area contributed by atoms with Crippen molar-refractivity contribution in [2.75, 3.05) is 6.54 Å². The van der Waals surface area contributed by atoms with Crippen LogP contribution in [0.1, 0.15) is 48.2 Å². The van der Waals surface area contributed by atoms with Crippen LogP contribution in [-0.4, -0.2) is 17.0 Å². The third-order valence-electron chi connectivity index (χ3n) is 4.28. The van der Waals surface area contributed by atoms with Gasteiger partial charge in [0.05, 0.1) is 4.47 Å². The molecule has 3 rings (SSSR count). The van der Waals surface area contributed by atoms with E-state index in [0.717, 1.165) is 41.4 Å². The minimum absolute atomic E-state index is 0.211. The Bertz CT molecular complexity index is 504. The number of carbonyl (C=O) groups is 1. The van der Waals surface area contributed by atoms with Gasteiger partial charge in [-0.2, -0.15) is 0 Å². The van der Waals surface area contributed by atoms with E-state index in [0.29, 0.717) is 0 Å². The molecule has 104 valence electrons. The van der Waals surface area contributed by atoms with Gasteiger partial charge in [-0.1, -0.05) is 19.3 Å². The summed E-state index contributed by atoms with van der Waals surface area (Å²) < 4.78 is 3.87. The zero-order valence-corrected chi connectivity index (χ0v) is 14.0. The van der Waals surface area contributed by atoms with Gasteiger partial charge in [0.15, 0.2) is 0 Å². The van der Waals surface area contributed by atoms with Crippen LogP contribution in [0.4, 0.5) is 0 Å². The van der Waals surface area contributed by atoms with E-state index in [9.17, 15) is 4.79 Å². The molecule has 0 bridgehead atoms. The van der Waals surface area contributed by atoms with Gasteiger partial charge in [-0.05, 0) is 44.7 Å². The van der Waals surface area contributed by atoms with Crippen molar-refractivity contribution in [1.29, 1.82) is 0 Å². The Balaban J connectivity index is 1.97. The summed E-state index contributed by atoms with van der Waals surface area (Å²) in [4.78, 5) is 12.8. The summed E-state index contributed by atoms with van der Waals surface area (Å²) in [6.07, 6.45) is 6.70. The van der Waals surface area contributed by atoms with Crippen molar-refractivity contribution in [1.82, 2.24) is 9.88 Å². The minimum atomic E-state index is 0.211. The lowest BCUT2D eigenvalue weighted by atomic mass is 9.88. The Morgan fingerprint density at radius 3 is 2.68 bits per heavy atom. The molecular weight excluding hydrogens is 372 g/mol. The smallest absolute Gasteiger partial charge is 0.234 e. The van der Waals surface area contributed by atoms with Crippen LogP contribution in [-0.2, 0) is 13.0 Å². The monoisotopic (exact) mass is 388 g/mol. The summed E-state index contributed by atoms with van der Waals surface area (Å²) in [5.74, 6) is 0.499. The average molecular weight is 390 g/mol. The van der Waals surface area contributed by atoms with Crippen LogP contribution in [0.15, 0.2) is 9.08 Å². The fourth-order valence-corrected chi connectivity index (χ4v) is 4.40. The van der Waals surface area contributed by atoms with E-state index in [2.05, 4.69) is 37.2 Å². The van der Waals surface area contributed by atoms with E-state index in [1.807, 2.05) is 4.57 Å². The first-order valence-corrected chi connectivity index (χ1v) is 8.61. The maximum Gasteiger partial charge on any atom is 0.234 e. The standard InChI is InChI=1S/C14H18Br2N2O/c15-12-10-8-17-7-6-11(10)18(13(12)16)14(19)9-4-2-1-3-5-9/h9,17H,1-8H2. The lowest BCUT2D eigenvalue weighted by Crippen LogP contribution is -2.29. The molecule has 0 spiro atoms. The first-order chi connectivity index (χ1) is 9.20. The molecule has 3 nitrogen and oxygen atoms in total. The zero-order valence-electron chi connectivity index (χ0n) is 10.8. The van der Waals surface area contributed by atoms with Crippen molar-refractivity contribution in [2.24, 2.45) is 5.92 Å². The Kier molecular flexibility index (Phi) is 4.15. The maximum atomic E-state index is 12.8. The fourth-order valence-electron chi connectivity index (χ4n) is 3.23. The molecule has 1 fully saturated rings. The highest BCUT2D eigenvalue weighted by atomic mass is 79.9. The lowest BCUT2D eigenvalue weighted by Gasteiger charge is -2.23. The summed E-state index contributed by atoms with van der Waals surface area (Å²) in [6.45, 7) is 1.80. The van der Waals surface area contributed by atoms with Gasteiger partial charge in [0.1, 0.15) is 4.60 Å². The van der Waals surface area contributed by atoms with Crippen LogP contribution < -0.4 is 5.32 Å². The van der Waals surface area contributed by atoms with E-state index in [-0.39, 0.29) is 11.8 Å². The van der Waals surface area contributed by atoms with Gasteiger partial charge >= 0.3 is 0 Å². The SMILES string of the molecule is O=C(C1CCCCC1)n1c(Br)c(Br)c2c1CCNC2. The van der Waals surface area contributed by atoms with E-state index in [1.165, 1.54) is 30.5 Å². The normalized spacial score (nSPS) is 20.3. The van der Waals surface area contributed by atoms with Crippen LogP contribution in [0.25, 0.3) is 0 Å². The lowest BCUT2D eigenvalue weighted by molar-refractivity contribution is 0.0795. The van der Waals surface area contributed by atoms with Gasteiger partial charge in [0, 0.05) is 36.7 Å². The molecule has 0 radical (unpaired) electrons. The summed E-state index contributed by atoms with van der Waals surface area (Å²) in [6, 6.07) is 0. The van der Waals surface area contributed by atoms with Gasteiger partial charge in [0.2, 0.25) is 5.91 Å². The minimum Gasteiger partial charge on any atom is -0.312 e. The predicted octanol–water partition coefficient (Wildman–Crippen LogP) is 3.88. The second-order valence-corrected chi connectivity index (χ2v) is 7.01. The highest BCUT2D eigenvalue weighted by molar-refractivity contribution is 9.13. The van der Waals surface area contributed by atoms with Gasteiger partial charge in [0.25, 0.3) is 0 Å².